The normalized spacial score (nSPS) is 12.6. The fraction of sp³-hybridized carbons (Fsp3) is 0.538. The van der Waals surface area contributed by atoms with Crippen molar-refractivity contribution in [2.45, 2.75) is 39.8 Å². The molecule has 1 aromatic rings. The Labute approximate surface area is 97.2 Å². The van der Waals surface area contributed by atoms with Crippen LogP contribution >= 0.6 is 0 Å². The molecule has 0 saturated carbocycles. The van der Waals surface area contributed by atoms with E-state index in [1.807, 2.05) is 32.9 Å². The lowest BCUT2D eigenvalue weighted by atomic mass is 10.1. The minimum Gasteiger partial charge on any atom is -0.490 e. The zero-order chi connectivity index (χ0) is 12.1. The van der Waals surface area contributed by atoms with Crippen LogP contribution in [0.4, 0.5) is 0 Å². The third kappa shape index (κ3) is 3.22. The molecule has 3 N–H and O–H groups in total. The highest BCUT2D eigenvalue weighted by atomic mass is 16.5. The maximum Gasteiger partial charge on any atom is 0.125 e. The van der Waals surface area contributed by atoms with Crippen LogP contribution in [-0.4, -0.2) is 17.8 Å². The Morgan fingerprint density at radius 3 is 2.31 bits per heavy atom. The highest BCUT2D eigenvalue weighted by Crippen LogP contribution is 2.24. The molecule has 0 aliphatic rings. The molecule has 0 aliphatic heterocycles. The van der Waals surface area contributed by atoms with Crippen LogP contribution in [0.1, 0.15) is 30.0 Å². The number of aliphatic hydroxyl groups excluding tert-OH is 1. The van der Waals surface area contributed by atoms with E-state index in [0.717, 1.165) is 22.4 Å². The van der Waals surface area contributed by atoms with Gasteiger partial charge < -0.3 is 15.6 Å². The number of hydrogen-bond donors (Lipinski definition) is 2. The summed E-state index contributed by atoms with van der Waals surface area (Å²) >= 11 is 0. The van der Waals surface area contributed by atoms with Crippen molar-refractivity contribution in [2.24, 2.45) is 5.73 Å². The fourth-order valence-electron chi connectivity index (χ4n) is 1.68. The van der Waals surface area contributed by atoms with E-state index >= 15 is 0 Å². The van der Waals surface area contributed by atoms with Gasteiger partial charge in [0.15, 0.2) is 0 Å². The van der Waals surface area contributed by atoms with Gasteiger partial charge in [0.1, 0.15) is 12.4 Å². The standard InChI is InChI=1S/C13H21NO2/c1-4-12(15)8-16-13-9(2)5-11(7-14)6-10(13)3/h5-6,12,15H,4,7-8,14H2,1-3H3. The number of aliphatic hydroxyl groups is 1. The molecule has 3 nitrogen and oxygen atoms in total. The molecule has 0 bridgehead atoms. The van der Waals surface area contributed by atoms with E-state index in [1.54, 1.807) is 0 Å². The average molecular weight is 223 g/mol. The van der Waals surface area contributed by atoms with Crippen molar-refractivity contribution >= 4 is 0 Å². The number of ether oxygens (including phenoxy) is 1. The summed E-state index contributed by atoms with van der Waals surface area (Å²) in [4.78, 5) is 0. The van der Waals surface area contributed by atoms with E-state index in [-0.39, 0.29) is 0 Å². The maximum atomic E-state index is 9.46. The van der Waals surface area contributed by atoms with E-state index in [0.29, 0.717) is 19.6 Å². The van der Waals surface area contributed by atoms with E-state index in [9.17, 15) is 5.11 Å². The first-order valence-electron chi connectivity index (χ1n) is 5.69. The van der Waals surface area contributed by atoms with E-state index < -0.39 is 6.10 Å². The molecule has 3 heteroatoms. The zero-order valence-corrected chi connectivity index (χ0v) is 10.3. The molecule has 0 aliphatic carbocycles. The number of hydrogen-bond acceptors (Lipinski definition) is 3. The molecule has 0 fully saturated rings. The molecule has 0 radical (unpaired) electrons. The first kappa shape index (κ1) is 13.0. The summed E-state index contributed by atoms with van der Waals surface area (Å²) in [5.74, 6) is 0.865. The van der Waals surface area contributed by atoms with Crippen molar-refractivity contribution in [2.75, 3.05) is 6.61 Å². The quantitative estimate of drug-likeness (QED) is 0.801. The second kappa shape index (κ2) is 5.87. The van der Waals surface area contributed by atoms with Crippen LogP contribution in [0.3, 0.4) is 0 Å². The summed E-state index contributed by atoms with van der Waals surface area (Å²) in [5, 5.41) is 9.46. The Kier molecular flexibility index (Phi) is 4.77. The Hall–Kier alpha value is -1.06. The Morgan fingerprint density at radius 2 is 1.88 bits per heavy atom. The highest BCUT2D eigenvalue weighted by molar-refractivity contribution is 5.43. The smallest absolute Gasteiger partial charge is 0.125 e. The highest BCUT2D eigenvalue weighted by Gasteiger charge is 2.08. The van der Waals surface area contributed by atoms with Gasteiger partial charge in [-0.25, -0.2) is 0 Å². The minimum atomic E-state index is -0.395. The molecule has 0 amide bonds. The molecule has 1 atom stereocenters. The van der Waals surface area contributed by atoms with Gasteiger partial charge in [0, 0.05) is 6.54 Å². The molecular weight excluding hydrogens is 202 g/mol. The predicted molar refractivity (Wildman–Crippen MR) is 65.6 cm³/mol. The molecule has 1 rings (SSSR count). The molecule has 0 spiro atoms. The predicted octanol–water partition coefficient (Wildman–Crippen LogP) is 1.91. The van der Waals surface area contributed by atoms with Crippen LogP contribution in [0.15, 0.2) is 12.1 Å². The fourth-order valence-corrected chi connectivity index (χ4v) is 1.68. The van der Waals surface area contributed by atoms with Gasteiger partial charge in [0.25, 0.3) is 0 Å². The molecule has 16 heavy (non-hydrogen) atoms. The van der Waals surface area contributed by atoms with Gasteiger partial charge in [-0.3, -0.25) is 0 Å². The molecule has 1 unspecified atom stereocenters. The first-order chi connectivity index (χ1) is 7.58. The van der Waals surface area contributed by atoms with Crippen LogP contribution in [0, 0.1) is 13.8 Å². The van der Waals surface area contributed by atoms with E-state index in [4.69, 9.17) is 10.5 Å². The monoisotopic (exact) mass is 223 g/mol. The SMILES string of the molecule is CCC(O)COc1c(C)cc(CN)cc1C. The van der Waals surface area contributed by atoms with Gasteiger partial charge in [0.05, 0.1) is 6.10 Å². The topological polar surface area (TPSA) is 55.5 Å². The summed E-state index contributed by atoms with van der Waals surface area (Å²) in [7, 11) is 0. The lowest BCUT2D eigenvalue weighted by Crippen LogP contribution is -2.17. The van der Waals surface area contributed by atoms with Crippen LogP contribution in [0.2, 0.25) is 0 Å². The second-order valence-corrected chi connectivity index (χ2v) is 4.14. The van der Waals surface area contributed by atoms with Gasteiger partial charge in [0.2, 0.25) is 0 Å². The Balaban J connectivity index is 2.80. The Morgan fingerprint density at radius 1 is 1.31 bits per heavy atom. The van der Waals surface area contributed by atoms with Gasteiger partial charge in [-0.05, 0) is 37.0 Å². The van der Waals surface area contributed by atoms with Crippen LogP contribution in [-0.2, 0) is 6.54 Å². The third-order valence-electron chi connectivity index (χ3n) is 2.65. The summed E-state index contributed by atoms with van der Waals surface area (Å²) < 4.78 is 5.63. The van der Waals surface area contributed by atoms with Crippen molar-refractivity contribution in [3.8, 4) is 5.75 Å². The molecule has 0 aromatic heterocycles. The first-order valence-corrected chi connectivity index (χ1v) is 5.69. The number of rotatable bonds is 5. The van der Waals surface area contributed by atoms with E-state index in [2.05, 4.69) is 0 Å². The van der Waals surface area contributed by atoms with Gasteiger partial charge in [-0.2, -0.15) is 0 Å². The lowest BCUT2D eigenvalue weighted by molar-refractivity contribution is 0.103. The molecule has 0 saturated heterocycles. The summed E-state index contributed by atoms with van der Waals surface area (Å²) in [5.41, 5.74) is 8.86. The van der Waals surface area contributed by atoms with Crippen LogP contribution in [0.5, 0.6) is 5.75 Å². The molecule has 1 aromatic carbocycles. The van der Waals surface area contributed by atoms with Crippen LogP contribution in [0.25, 0.3) is 0 Å². The van der Waals surface area contributed by atoms with Gasteiger partial charge in [-0.1, -0.05) is 19.1 Å². The third-order valence-corrected chi connectivity index (χ3v) is 2.65. The van der Waals surface area contributed by atoms with Crippen molar-refractivity contribution in [3.05, 3.63) is 28.8 Å². The minimum absolute atomic E-state index is 0.347. The Bertz CT molecular complexity index is 327. The second-order valence-electron chi connectivity index (χ2n) is 4.14. The lowest BCUT2D eigenvalue weighted by Gasteiger charge is -2.15. The van der Waals surface area contributed by atoms with E-state index in [1.165, 1.54) is 0 Å². The summed E-state index contributed by atoms with van der Waals surface area (Å²) in [6.07, 6.45) is 0.312. The number of aryl methyl sites for hydroxylation is 2. The van der Waals surface area contributed by atoms with Crippen molar-refractivity contribution in [3.63, 3.8) is 0 Å². The van der Waals surface area contributed by atoms with Crippen molar-refractivity contribution in [1.82, 2.24) is 0 Å². The van der Waals surface area contributed by atoms with Crippen molar-refractivity contribution < 1.29 is 9.84 Å². The number of benzene rings is 1. The number of nitrogens with two attached hydrogens (primary N) is 1. The molecular formula is C13H21NO2. The maximum absolute atomic E-state index is 9.46. The average Bonchev–Trinajstić information content (AvgIpc) is 2.27. The van der Waals surface area contributed by atoms with Gasteiger partial charge in [-0.15, -0.1) is 0 Å². The van der Waals surface area contributed by atoms with Crippen molar-refractivity contribution in [1.29, 1.82) is 0 Å². The zero-order valence-electron chi connectivity index (χ0n) is 10.3. The summed E-state index contributed by atoms with van der Waals surface area (Å²) in [6, 6.07) is 4.06. The molecule has 90 valence electrons. The largest absolute Gasteiger partial charge is 0.490 e. The van der Waals surface area contributed by atoms with Crippen LogP contribution < -0.4 is 10.5 Å². The summed E-state index contributed by atoms with van der Waals surface area (Å²) in [6.45, 7) is 6.82. The molecule has 0 heterocycles. The van der Waals surface area contributed by atoms with Gasteiger partial charge >= 0.3 is 0 Å².